The molecule has 2 aliphatic heterocycles. The molecule has 2 heterocycles. The lowest BCUT2D eigenvalue weighted by molar-refractivity contribution is -0.619. The van der Waals surface area contributed by atoms with Gasteiger partial charge in [-0.2, -0.15) is 18.4 Å². The Kier molecular flexibility index (Phi) is 4.83. The summed E-state index contributed by atoms with van der Waals surface area (Å²) in [5.74, 6) is -1.70. The lowest BCUT2D eigenvalue weighted by Gasteiger charge is -2.40. The number of alkyl halides is 3. The van der Waals surface area contributed by atoms with Gasteiger partial charge in [0.1, 0.15) is 0 Å². The Morgan fingerprint density at radius 1 is 1.17 bits per heavy atom. The maximum absolute atomic E-state index is 12.7. The Hall–Kier alpha value is -2.85. The number of benzene rings is 2. The molecule has 0 aliphatic carbocycles. The van der Waals surface area contributed by atoms with E-state index < -0.39 is 18.1 Å². The maximum Gasteiger partial charge on any atom is 0.509 e. The van der Waals surface area contributed by atoms with Crippen LogP contribution in [0.25, 0.3) is 0 Å². The second-order valence-corrected chi connectivity index (χ2v) is 7.76. The molecule has 0 aromatic heterocycles. The predicted molar refractivity (Wildman–Crippen MR) is 101 cm³/mol. The van der Waals surface area contributed by atoms with Crippen LogP contribution in [0, 0.1) is 11.3 Å². The predicted octanol–water partition coefficient (Wildman–Crippen LogP) is 3.39. The standard InChI is InChI=1S/C22H20F3N3O/c1-13-16-4-2-3-5-17(16)20-11-15(27-21(29)22(23,24)25)8-9-28(20)19-7-6-14(12-26)10-18(13)19/h2-7,10,13,15,20H,8-9,11H2,1H3,(H,27,29)/p+1/t13-,15?,20-/m0/s1. The van der Waals surface area contributed by atoms with E-state index in [1.165, 1.54) is 0 Å². The van der Waals surface area contributed by atoms with Gasteiger partial charge in [0.2, 0.25) is 0 Å². The van der Waals surface area contributed by atoms with Crippen molar-refractivity contribution in [2.75, 3.05) is 11.4 Å². The number of carbonyl (C=O) groups excluding carboxylic acids is 1. The van der Waals surface area contributed by atoms with Crippen molar-refractivity contribution in [1.29, 1.82) is 5.26 Å². The lowest BCUT2D eigenvalue weighted by Crippen LogP contribution is -2.96. The molecule has 4 nitrogen and oxygen atoms in total. The minimum atomic E-state index is -4.83. The third-order valence-electron chi connectivity index (χ3n) is 6.06. The van der Waals surface area contributed by atoms with Crippen LogP contribution in [0.4, 0.5) is 18.9 Å². The van der Waals surface area contributed by atoms with Crippen LogP contribution < -0.4 is 10.2 Å². The number of nitrogens with two attached hydrogens (primary N) is 1. The quantitative estimate of drug-likeness (QED) is 0.798. The fraction of sp³-hybridized carbons (Fsp3) is 0.364. The second kappa shape index (κ2) is 7.20. The highest BCUT2D eigenvalue weighted by Crippen LogP contribution is 2.46. The number of fused-ring (bicyclic) bond motifs is 5. The summed E-state index contributed by atoms with van der Waals surface area (Å²) in [6.45, 7) is 2.64. The molecule has 1 saturated heterocycles. The third kappa shape index (κ3) is 3.49. The summed E-state index contributed by atoms with van der Waals surface area (Å²) >= 11 is 0. The number of anilines is 1. The molecule has 0 spiro atoms. The SMILES string of the molecule is C[C@H]1c2ccccc2[C@@H]2CC([NH2+]C(=O)C(F)(F)F)CCN2c2ccc(C#N)cc21. The summed E-state index contributed by atoms with van der Waals surface area (Å²) < 4.78 is 38.2. The van der Waals surface area contributed by atoms with Gasteiger partial charge in [0.25, 0.3) is 0 Å². The first-order chi connectivity index (χ1) is 13.8. The number of quaternary nitrogens is 1. The summed E-state index contributed by atoms with van der Waals surface area (Å²) in [7, 11) is 0. The van der Waals surface area contributed by atoms with E-state index in [1.807, 2.05) is 36.4 Å². The van der Waals surface area contributed by atoms with Crippen LogP contribution in [0.1, 0.15) is 54.0 Å². The molecule has 0 bridgehead atoms. The van der Waals surface area contributed by atoms with E-state index in [0.29, 0.717) is 24.9 Å². The highest BCUT2D eigenvalue weighted by Gasteiger charge is 2.46. The van der Waals surface area contributed by atoms with E-state index in [4.69, 9.17) is 0 Å². The molecule has 3 atom stereocenters. The smallest absolute Gasteiger partial charge is 0.364 e. The van der Waals surface area contributed by atoms with Crippen molar-refractivity contribution in [2.45, 2.75) is 43.9 Å². The van der Waals surface area contributed by atoms with Crippen molar-refractivity contribution in [3.05, 3.63) is 64.7 Å². The molecule has 1 amide bonds. The monoisotopic (exact) mass is 400 g/mol. The minimum Gasteiger partial charge on any atom is -0.364 e. The van der Waals surface area contributed by atoms with Crippen molar-refractivity contribution in [3.63, 3.8) is 0 Å². The van der Waals surface area contributed by atoms with Crippen LogP contribution >= 0.6 is 0 Å². The lowest BCUT2D eigenvalue weighted by atomic mass is 9.86. The normalized spacial score (nSPS) is 23.3. The number of primary amides is 1. The van der Waals surface area contributed by atoms with Gasteiger partial charge in [-0.25, -0.2) is 4.79 Å². The van der Waals surface area contributed by atoms with Gasteiger partial charge in [0.15, 0.2) is 0 Å². The summed E-state index contributed by atoms with van der Waals surface area (Å²) in [5, 5.41) is 10.2. The molecular formula is C22H21F3N3O+. The van der Waals surface area contributed by atoms with Crippen molar-refractivity contribution in [2.24, 2.45) is 0 Å². The number of hydrogen-bond donors (Lipinski definition) is 1. The molecular weight excluding hydrogens is 379 g/mol. The Morgan fingerprint density at radius 2 is 1.90 bits per heavy atom. The van der Waals surface area contributed by atoms with Gasteiger partial charge in [0, 0.05) is 31.0 Å². The fourth-order valence-corrected chi connectivity index (χ4v) is 4.64. The van der Waals surface area contributed by atoms with E-state index in [9.17, 15) is 23.2 Å². The van der Waals surface area contributed by atoms with Gasteiger partial charge in [0.05, 0.1) is 23.7 Å². The molecule has 1 unspecified atom stereocenters. The number of amides is 1. The first-order valence-corrected chi connectivity index (χ1v) is 9.65. The molecule has 4 rings (SSSR count). The van der Waals surface area contributed by atoms with Gasteiger partial charge in [-0.3, -0.25) is 5.32 Å². The van der Waals surface area contributed by atoms with Crippen molar-refractivity contribution < 1.29 is 23.3 Å². The van der Waals surface area contributed by atoms with E-state index >= 15 is 0 Å². The number of nitrogens with zero attached hydrogens (tertiary/aromatic N) is 2. The van der Waals surface area contributed by atoms with Gasteiger partial charge in [-0.05, 0) is 34.9 Å². The zero-order valence-corrected chi connectivity index (χ0v) is 15.9. The summed E-state index contributed by atoms with van der Waals surface area (Å²) in [6, 6.07) is 15.2. The third-order valence-corrected chi connectivity index (χ3v) is 6.06. The van der Waals surface area contributed by atoms with Gasteiger partial charge in [-0.1, -0.05) is 31.2 Å². The van der Waals surface area contributed by atoms with E-state index in [-0.39, 0.29) is 12.0 Å². The maximum atomic E-state index is 12.7. The van der Waals surface area contributed by atoms with Crippen molar-refractivity contribution in [3.8, 4) is 6.07 Å². The van der Waals surface area contributed by atoms with E-state index in [2.05, 4.69) is 17.9 Å². The number of piperidine rings is 1. The topological polar surface area (TPSA) is 60.7 Å². The van der Waals surface area contributed by atoms with Crippen LogP contribution in [0.2, 0.25) is 0 Å². The molecule has 7 heteroatoms. The minimum absolute atomic E-state index is 0.0549. The zero-order chi connectivity index (χ0) is 20.8. The molecule has 29 heavy (non-hydrogen) atoms. The summed E-state index contributed by atoms with van der Waals surface area (Å²) in [5.41, 5.74) is 4.84. The molecule has 1 fully saturated rings. The molecule has 2 N–H and O–H groups in total. The number of hydrogen-bond acceptors (Lipinski definition) is 3. The van der Waals surface area contributed by atoms with Crippen LogP contribution in [0.3, 0.4) is 0 Å². The van der Waals surface area contributed by atoms with E-state index in [0.717, 1.165) is 27.7 Å². The number of nitriles is 1. The molecule has 0 saturated carbocycles. The van der Waals surface area contributed by atoms with Crippen molar-refractivity contribution in [1.82, 2.24) is 0 Å². The van der Waals surface area contributed by atoms with Gasteiger partial charge in [-0.15, -0.1) is 0 Å². The highest BCUT2D eigenvalue weighted by atomic mass is 19.4. The van der Waals surface area contributed by atoms with Crippen molar-refractivity contribution >= 4 is 11.6 Å². The van der Waals surface area contributed by atoms with Crippen LogP contribution in [0.15, 0.2) is 42.5 Å². The number of carbonyl (C=O) groups is 1. The largest absolute Gasteiger partial charge is 0.509 e. The number of rotatable bonds is 1. The molecule has 2 aliphatic rings. The first-order valence-electron chi connectivity index (χ1n) is 9.65. The number of halogens is 3. The zero-order valence-electron chi connectivity index (χ0n) is 15.9. The van der Waals surface area contributed by atoms with Crippen LogP contribution in [-0.4, -0.2) is 24.7 Å². The Balaban J connectivity index is 1.75. The highest BCUT2D eigenvalue weighted by molar-refractivity contribution is 5.72. The van der Waals surface area contributed by atoms with E-state index in [1.54, 1.807) is 6.07 Å². The summed E-state index contributed by atoms with van der Waals surface area (Å²) in [4.78, 5) is 13.7. The molecule has 150 valence electrons. The Labute approximate surface area is 166 Å². The molecule has 0 radical (unpaired) electrons. The van der Waals surface area contributed by atoms with Crippen LogP contribution in [-0.2, 0) is 4.79 Å². The average molecular weight is 400 g/mol. The van der Waals surface area contributed by atoms with Gasteiger partial charge < -0.3 is 4.90 Å². The first kappa shape index (κ1) is 19.5. The van der Waals surface area contributed by atoms with Gasteiger partial charge >= 0.3 is 12.1 Å². The Bertz CT molecular complexity index is 996. The average Bonchev–Trinajstić information content (AvgIpc) is 2.81. The second-order valence-electron chi connectivity index (χ2n) is 7.76. The van der Waals surface area contributed by atoms with Crippen LogP contribution in [0.5, 0.6) is 0 Å². The fourth-order valence-electron chi connectivity index (χ4n) is 4.64. The summed E-state index contributed by atoms with van der Waals surface area (Å²) in [6.07, 6.45) is -3.90. The Morgan fingerprint density at radius 3 is 2.59 bits per heavy atom. The molecule has 2 aromatic rings. The molecule has 2 aromatic carbocycles.